The predicted molar refractivity (Wildman–Crippen MR) is 107 cm³/mol. The molecule has 0 bridgehead atoms. The largest absolute Gasteiger partial charge is 0.379 e. The summed E-state index contributed by atoms with van der Waals surface area (Å²) in [7, 11) is 0. The summed E-state index contributed by atoms with van der Waals surface area (Å²) in [6.45, 7) is 9.42. The first-order chi connectivity index (χ1) is 11.8. The average molecular weight is 343 g/mol. The lowest BCUT2D eigenvalue weighted by Gasteiger charge is -2.18. The van der Waals surface area contributed by atoms with Crippen LogP contribution >= 0.6 is 0 Å². The van der Waals surface area contributed by atoms with Crippen LogP contribution in [-0.4, -0.2) is 25.9 Å². The molecular formula is C22H46O2. The Kier molecular flexibility index (Phi) is 20.9. The minimum Gasteiger partial charge on any atom is -0.379 e. The Morgan fingerprint density at radius 2 is 1.04 bits per heavy atom. The Morgan fingerprint density at radius 1 is 0.542 bits per heavy atom. The van der Waals surface area contributed by atoms with Gasteiger partial charge in [-0.15, -0.1) is 0 Å². The van der Waals surface area contributed by atoms with Crippen molar-refractivity contribution in [2.75, 3.05) is 19.8 Å². The van der Waals surface area contributed by atoms with Crippen molar-refractivity contribution in [2.45, 2.75) is 123 Å². The molecule has 2 heteroatoms. The van der Waals surface area contributed by atoms with E-state index in [1.165, 1.54) is 89.9 Å². The lowest BCUT2D eigenvalue weighted by Crippen LogP contribution is -2.21. The van der Waals surface area contributed by atoms with Gasteiger partial charge in [-0.1, -0.05) is 97.8 Å². The maximum Gasteiger partial charge on any atom is 0.0808 e. The van der Waals surface area contributed by atoms with E-state index in [1.807, 2.05) is 0 Å². The van der Waals surface area contributed by atoms with Crippen LogP contribution in [0.2, 0.25) is 0 Å². The summed E-state index contributed by atoms with van der Waals surface area (Å²) >= 11 is 0. The highest BCUT2D eigenvalue weighted by atomic mass is 16.5. The zero-order valence-corrected chi connectivity index (χ0v) is 17.1. The van der Waals surface area contributed by atoms with E-state index in [2.05, 4.69) is 20.8 Å². The quantitative estimate of drug-likeness (QED) is 0.216. The third-order valence-corrected chi connectivity index (χ3v) is 4.68. The molecule has 0 aromatic carbocycles. The van der Waals surface area contributed by atoms with Crippen LogP contribution in [0.3, 0.4) is 0 Å². The molecule has 0 amide bonds. The van der Waals surface area contributed by atoms with Crippen LogP contribution in [0.25, 0.3) is 0 Å². The second kappa shape index (κ2) is 21.0. The molecule has 24 heavy (non-hydrogen) atoms. The van der Waals surface area contributed by atoms with Crippen LogP contribution in [0, 0.1) is 0 Å². The van der Waals surface area contributed by atoms with Gasteiger partial charge in [-0.3, -0.25) is 0 Å². The van der Waals surface area contributed by atoms with Gasteiger partial charge in [0.25, 0.3) is 0 Å². The topological polar surface area (TPSA) is 18.5 Å². The molecule has 0 saturated carbocycles. The van der Waals surface area contributed by atoms with E-state index in [0.29, 0.717) is 6.10 Å². The Labute approximate surface area is 153 Å². The van der Waals surface area contributed by atoms with Crippen molar-refractivity contribution in [3.63, 3.8) is 0 Å². The zero-order chi connectivity index (χ0) is 17.7. The first kappa shape index (κ1) is 23.9. The standard InChI is InChI=1S/C22H46O2/c1-4-7-10-12-14-16-19-23-21-22(18-9-6-3)24-20-17-15-13-11-8-5-2/h22H,4-21H2,1-3H3. The second-order valence-electron chi connectivity index (χ2n) is 7.25. The molecule has 0 aromatic heterocycles. The fraction of sp³-hybridized carbons (Fsp3) is 1.00. The minimum atomic E-state index is 0.320. The predicted octanol–water partition coefficient (Wildman–Crippen LogP) is 7.30. The van der Waals surface area contributed by atoms with E-state index in [1.54, 1.807) is 0 Å². The smallest absolute Gasteiger partial charge is 0.0808 e. The average Bonchev–Trinajstić information content (AvgIpc) is 2.60. The molecule has 1 atom stereocenters. The van der Waals surface area contributed by atoms with Gasteiger partial charge in [0.1, 0.15) is 0 Å². The first-order valence-corrected chi connectivity index (χ1v) is 11.0. The molecular weight excluding hydrogens is 296 g/mol. The molecule has 0 aromatic rings. The van der Waals surface area contributed by atoms with Gasteiger partial charge >= 0.3 is 0 Å². The van der Waals surface area contributed by atoms with Crippen molar-refractivity contribution < 1.29 is 9.47 Å². The van der Waals surface area contributed by atoms with Gasteiger partial charge in [0.05, 0.1) is 12.7 Å². The summed E-state index contributed by atoms with van der Waals surface area (Å²) in [6, 6.07) is 0. The molecule has 1 unspecified atom stereocenters. The van der Waals surface area contributed by atoms with Gasteiger partial charge in [-0.2, -0.15) is 0 Å². The summed E-state index contributed by atoms with van der Waals surface area (Å²) < 4.78 is 12.0. The molecule has 146 valence electrons. The van der Waals surface area contributed by atoms with Crippen LogP contribution in [0.4, 0.5) is 0 Å². The third kappa shape index (κ3) is 18.3. The van der Waals surface area contributed by atoms with Crippen LogP contribution in [0.5, 0.6) is 0 Å². The number of hydrogen-bond donors (Lipinski definition) is 0. The molecule has 0 saturated heterocycles. The Hall–Kier alpha value is -0.0800. The first-order valence-electron chi connectivity index (χ1n) is 11.0. The van der Waals surface area contributed by atoms with Crippen LogP contribution in [-0.2, 0) is 9.47 Å². The Bertz CT molecular complexity index is 218. The van der Waals surface area contributed by atoms with Crippen molar-refractivity contribution in [2.24, 2.45) is 0 Å². The molecule has 0 aliphatic carbocycles. The molecule has 0 fully saturated rings. The fourth-order valence-corrected chi connectivity index (χ4v) is 2.98. The number of hydrogen-bond acceptors (Lipinski definition) is 2. The molecule has 0 aliphatic rings. The highest BCUT2D eigenvalue weighted by Crippen LogP contribution is 2.10. The van der Waals surface area contributed by atoms with Crippen molar-refractivity contribution >= 4 is 0 Å². The van der Waals surface area contributed by atoms with Gasteiger partial charge in [0.2, 0.25) is 0 Å². The molecule has 0 radical (unpaired) electrons. The summed E-state index contributed by atoms with van der Waals surface area (Å²) in [5, 5.41) is 0. The van der Waals surface area contributed by atoms with E-state index < -0.39 is 0 Å². The van der Waals surface area contributed by atoms with E-state index in [-0.39, 0.29) is 0 Å². The summed E-state index contributed by atoms with van der Waals surface area (Å²) in [4.78, 5) is 0. The minimum absolute atomic E-state index is 0.320. The van der Waals surface area contributed by atoms with Crippen LogP contribution < -0.4 is 0 Å². The Morgan fingerprint density at radius 3 is 1.62 bits per heavy atom. The summed E-state index contributed by atoms with van der Waals surface area (Å²) in [5.41, 5.74) is 0. The number of ether oxygens (including phenoxy) is 2. The molecule has 0 spiro atoms. The zero-order valence-electron chi connectivity index (χ0n) is 17.1. The monoisotopic (exact) mass is 342 g/mol. The molecule has 2 nitrogen and oxygen atoms in total. The molecule has 0 N–H and O–H groups in total. The van der Waals surface area contributed by atoms with Gasteiger partial charge in [-0.25, -0.2) is 0 Å². The van der Waals surface area contributed by atoms with Gasteiger partial charge in [0, 0.05) is 13.2 Å². The highest BCUT2D eigenvalue weighted by molar-refractivity contribution is 4.58. The van der Waals surface area contributed by atoms with Gasteiger partial charge in [0.15, 0.2) is 0 Å². The number of rotatable bonds is 20. The SMILES string of the molecule is CCCCCCCCOCC(CCCC)OCCCCCCCC. The molecule has 0 aliphatic heterocycles. The highest BCUT2D eigenvalue weighted by Gasteiger charge is 2.08. The summed E-state index contributed by atoms with van der Waals surface area (Å²) in [5.74, 6) is 0. The lowest BCUT2D eigenvalue weighted by molar-refractivity contribution is -0.0233. The van der Waals surface area contributed by atoms with E-state index in [9.17, 15) is 0 Å². The van der Waals surface area contributed by atoms with Crippen molar-refractivity contribution in [3.05, 3.63) is 0 Å². The van der Waals surface area contributed by atoms with E-state index in [0.717, 1.165) is 26.2 Å². The third-order valence-electron chi connectivity index (χ3n) is 4.68. The number of unbranched alkanes of at least 4 members (excludes halogenated alkanes) is 11. The van der Waals surface area contributed by atoms with E-state index in [4.69, 9.17) is 9.47 Å². The van der Waals surface area contributed by atoms with Gasteiger partial charge in [-0.05, 0) is 19.3 Å². The van der Waals surface area contributed by atoms with Crippen molar-refractivity contribution in [1.82, 2.24) is 0 Å². The van der Waals surface area contributed by atoms with Crippen molar-refractivity contribution in [3.8, 4) is 0 Å². The van der Waals surface area contributed by atoms with Crippen LogP contribution in [0.15, 0.2) is 0 Å². The normalized spacial score (nSPS) is 12.6. The maximum absolute atomic E-state index is 6.09. The maximum atomic E-state index is 6.09. The Balaban J connectivity index is 3.55. The lowest BCUT2D eigenvalue weighted by atomic mass is 10.1. The van der Waals surface area contributed by atoms with E-state index >= 15 is 0 Å². The molecule has 0 heterocycles. The molecule has 0 rings (SSSR count). The van der Waals surface area contributed by atoms with Gasteiger partial charge < -0.3 is 9.47 Å². The summed E-state index contributed by atoms with van der Waals surface area (Å²) in [6.07, 6.45) is 19.9. The van der Waals surface area contributed by atoms with Crippen molar-refractivity contribution in [1.29, 1.82) is 0 Å². The fourth-order valence-electron chi connectivity index (χ4n) is 2.98. The second-order valence-corrected chi connectivity index (χ2v) is 7.25. The van der Waals surface area contributed by atoms with Crippen LogP contribution in [0.1, 0.15) is 117 Å².